The van der Waals surface area contributed by atoms with Gasteiger partial charge in [0, 0.05) is 19.1 Å². The summed E-state index contributed by atoms with van der Waals surface area (Å²) in [6.07, 6.45) is 2.83. The summed E-state index contributed by atoms with van der Waals surface area (Å²) in [7, 11) is 0. The van der Waals surface area contributed by atoms with Gasteiger partial charge in [0.25, 0.3) is 0 Å². The van der Waals surface area contributed by atoms with Gasteiger partial charge in [-0.1, -0.05) is 6.07 Å². The first-order valence-electron chi connectivity index (χ1n) is 6.59. The zero-order valence-corrected chi connectivity index (χ0v) is 10.4. The Labute approximate surface area is 107 Å². The second kappa shape index (κ2) is 5.16. The summed E-state index contributed by atoms with van der Waals surface area (Å²) >= 11 is 0. The third-order valence-electron chi connectivity index (χ3n) is 3.47. The summed E-state index contributed by atoms with van der Waals surface area (Å²) in [5.41, 5.74) is 7.12. The van der Waals surface area contributed by atoms with E-state index in [-0.39, 0.29) is 12.1 Å². The van der Waals surface area contributed by atoms with Gasteiger partial charge in [-0.3, -0.25) is 0 Å². The second-order valence-corrected chi connectivity index (χ2v) is 4.90. The van der Waals surface area contributed by atoms with E-state index >= 15 is 0 Å². The van der Waals surface area contributed by atoms with Gasteiger partial charge in [0.2, 0.25) is 0 Å². The van der Waals surface area contributed by atoms with Crippen molar-refractivity contribution in [3.05, 3.63) is 23.8 Å². The molecule has 2 aliphatic rings. The molecule has 4 heteroatoms. The van der Waals surface area contributed by atoms with Crippen molar-refractivity contribution in [3.8, 4) is 11.5 Å². The van der Waals surface area contributed by atoms with Crippen LogP contribution in [0, 0.1) is 0 Å². The zero-order valence-electron chi connectivity index (χ0n) is 10.4. The molecular weight excluding hydrogens is 230 g/mol. The number of nitrogens with two attached hydrogens (primary N) is 1. The number of fused-ring (bicyclic) bond motifs is 1. The van der Waals surface area contributed by atoms with Crippen LogP contribution in [0.1, 0.15) is 30.9 Å². The Morgan fingerprint density at radius 1 is 1.06 bits per heavy atom. The largest absolute Gasteiger partial charge is 0.490 e. The van der Waals surface area contributed by atoms with Crippen LogP contribution < -0.4 is 15.2 Å². The molecule has 0 amide bonds. The Morgan fingerprint density at radius 2 is 1.89 bits per heavy atom. The Hall–Kier alpha value is -1.26. The van der Waals surface area contributed by atoms with Gasteiger partial charge >= 0.3 is 0 Å². The lowest BCUT2D eigenvalue weighted by molar-refractivity contribution is 0.00653. The molecule has 1 saturated heterocycles. The quantitative estimate of drug-likeness (QED) is 0.827. The van der Waals surface area contributed by atoms with Crippen molar-refractivity contribution in [1.29, 1.82) is 0 Å². The van der Waals surface area contributed by atoms with Crippen molar-refractivity contribution in [2.45, 2.75) is 31.4 Å². The van der Waals surface area contributed by atoms with Gasteiger partial charge in [-0.2, -0.15) is 0 Å². The molecule has 0 aliphatic carbocycles. The third kappa shape index (κ3) is 2.44. The first-order valence-corrected chi connectivity index (χ1v) is 6.59. The van der Waals surface area contributed by atoms with Gasteiger partial charge in [0.1, 0.15) is 0 Å². The Morgan fingerprint density at radius 3 is 2.72 bits per heavy atom. The summed E-state index contributed by atoms with van der Waals surface area (Å²) in [5, 5.41) is 0. The van der Waals surface area contributed by atoms with Crippen molar-refractivity contribution in [1.82, 2.24) is 0 Å². The summed E-state index contributed by atoms with van der Waals surface area (Å²) < 4.78 is 17.1. The van der Waals surface area contributed by atoms with E-state index < -0.39 is 0 Å². The molecular formula is C14H19NO3. The Balaban J connectivity index is 1.82. The smallest absolute Gasteiger partial charge is 0.161 e. The van der Waals surface area contributed by atoms with Crippen LogP contribution in [-0.2, 0) is 4.74 Å². The predicted molar refractivity (Wildman–Crippen MR) is 68.0 cm³/mol. The molecule has 2 aliphatic heterocycles. The average Bonchev–Trinajstić information content (AvgIpc) is 2.63. The van der Waals surface area contributed by atoms with Crippen LogP contribution in [0.5, 0.6) is 11.5 Å². The fraction of sp³-hybridized carbons (Fsp3) is 0.571. The lowest BCUT2D eigenvalue weighted by atomic mass is 9.98. The minimum atomic E-state index is 0.0888. The van der Waals surface area contributed by atoms with Crippen molar-refractivity contribution in [3.63, 3.8) is 0 Å². The Bertz CT molecular complexity index is 422. The number of benzene rings is 1. The highest BCUT2D eigenvalue weighted by atomic mass is 16.5. The third-order valence-corrected chi connectivity index (χ3v) is 3.47. The van der Waals surface area contributed by atoms with Crippen LogP contribution in [0.2, 0.25) is 0 Å². The molecule has 3 rings (SSSR count). The summed E-state index contributed by atoms with van der Waals surface area (Å²) in [6, 6.07) is 6.29. The molecule has 2 heterocycles. The van der Waals surface area contributed by atoms with Gasteiger partial charge < -0.3 is 19.9 Å². The van der Waals surface area contributed by atoms with Crippen LogP contribution in [0.4, 0.5) is 0 Å². The fourth-order valence-electron chi connectivity index (χ4n) is 2.43. The molecule has 2 N–H and O–H groups in total. The normalized spacial score (nSPS) is 27.6. The van der Waals surface area contributed by atoms with Crippen molar-refractivity contribution in [2.24, 2.45) is 5.73 Å². The van der Waals surface area contributed by atoms with E-state index in [0.29, 0.717) is 6.61 Å². The zero-order chi connectivity index (χ0) is 12.4. The van der Waals surface area contributed by atoms with Gasteiger partial charge in [-0.15, -0.1) is 0 Å². The number of rotatable bonds is 1. The summed E-state index contributed by atoms with van der Waals surface area (Å²) in [6.45, 7) is 2.17. The molecule has 0 aromatic heterocycles. The SMILES string of the molecule is NC1CCOC(c2ccc3c(c2)OCCCO3)C1. The minimum Gasteiger partial charge on any atom is -0.490 e. The maximum Gasteiger partial charge on any atom is 0.161 e. The van der Waals surface area contributed by atoms with Crippen LogP contribution in [0.25, 0.3) is 0 Å². The van der Waals surface area contributed by atoms with E-state index in [2.05, 4.69) is 6.07 Å². The highest BCUT2D eigenvalue weighted by Gasteiger charge is 2.23. The molecule has 18 heavy (non-hydrogen) atoms. The first-order chi connectivity index (χ1) is 8.83. The first kappa shape index (κ1) is 11.8. The van der Waals surface area contributed by atoms with Gasteiger partial charge in [0.15, 0.2) is 11.5 Å². The summed E-state index contributed by atoms with van der Waals surface area (Å²) in [4.78, 5) is 0. The topological polar surface area (TPSA) is 53.7 Å². The van der Waals surface area contributed by atoms with Gasteiger partial charge in [0.05, 0.1) is 19.3 Å². The Kier molecular flexibility index (Phi) is 3.39. The van der Waals surface area contributed by atoms with Crippen molar-refractivity contribution >= 4 is 0 Å². The van der Waals surface area contributed by atoms with E-state index in [4.69, 9.17) is 19.9 Å². The van der Waals surface area contributed by atoms with Crippen LogP contribution >= 0.6 is 0 Å². The van der Waals surface area contributed by atoms with Crippen LogP contribution in [0.3, 0.4) is 0 Å². The maximum absolute atomic E-state index is 5.99. The summed E-state index contributed by atoms with van der Waals surface area (Å²) in [5.74, 6) is 1.66. The molecule has 2 unspecified atom stereocenters. The number of ether oxygens (including phenoxy) is 3. The van der Waals surface area contributed by atoms with Crippen molar-refractivity contribution in [2.75, 3.05) is 19.8 Å². The second-order valence-electron chi connectivity index (χ2n) is 4.90. The molecule has 0 bridgehead atoms. The standard InChI is InChI=1S/C14H19NO3/c15-11-4-7-18-13(9-11)10-2-3-12-14(8-10)17-6-1-5-16-12/h2-3,8,11,13H,1,4-7,9,15H2. The monoisotopic (exact) mass is 249 g/mol. The van der Waals surface area contributed by atoms with E-state index in [0.717, 1.165) is 49.5 Å². The number of hydrogen-bond acceptors (Lipinski definition) is 4. The molecule has 0 saturated carbocycles. The highest BCUT2D eigenvalue weighted by molar-refractivity contribution is 5.44. The molecule has 0 spiro atoms. The minimum absolute atomic E-state index is 0.0888. The van der Waals surface area contributed by atoms with E-state index in [1.54, 1.807) is 0 Å². The molecule has 1 fully saturated rings. The molecule has 98 valence electrons. The lowest BCUT2D eigenvalue weighted by Gasteiger charge is -2.27. The maximum atomic E-state index is 5.99. The molecule has 2 atom stereocenters. The van der Waals surface area contributed by atoms with E-state index in [1.807, 2.05) is 12.1 Å². The average molecular weight is 249 g/mol. The lowest BCUT2D eigenvalue weighted by Crippen LogP contribution is -2.30. The van der Waals surface area contributed by atoms with Crippen LogP contribution in [0.15, 0.2) is 18.2 Å². The fourth-order valence-corrected chi connectivity index (χ4v) is 2.43. The van der Waals surface area contributed by atoms with E-state index in [9.17, 15) is 0 Å². The number of hydrogen-bond donors (Lipinski definition) is 1. The van der Waals surface area contributed by atoms with Gasteiger partial charge in [-0.25, -0.2) is 0 Å². The molecule has 4 nitrogen and oxygen atoms in total. The van der Waals surface area contributed by atoms with E-state index in [1.165, 1.54) is 0 Å². The molecule has 0 radical (unpaired) electrons. The van der Waals surface area contributed by atoms with Crippen molar-refractivity contribution < 1.29 is 14.2 Å². The predicted octanol–water partition coefficient (Wildman–Crippen LogP) is 2.03. The highest BCUT2D eigenvalue weighted by Crippen LogP contribution is 2.35. The van der Waals surface area contributed by atoms with Crippen LogP contribution in [-0.4, -0.2) is 25.9 Å². The van der Waals surface area contributed by atoms with Gasteiger partial charge in [-0.05, 0) is 30.5 Å². The molecule has 1 aromatic rings. The molecule has 1 aromatic carbocycles.